The number of hydrogen-bond donors (Lipinski definition) is 1. The molecule has 2 atom stereocenters. The van der Waals surface area contributed by atoms with Crippen LogP contribution in [0.1, 0.15) is 45.9 Å². The Bertz CT molecular complexity index is 322. The largest absolute Gasteiger partial charge is 0.377 e. The summed E-state index contributed by atoms with van der Waals surface area (Å²) in [5, 5.41) is 4.51. The summed E-state index contributed by atoms with van der Waals surface area (Å²) < 4.78 is 7.58. The van der Waals surface area contributed by atoms with Crippen LogP contribution in [0.5, 0.6) is 0 Å². The van der Waals surface area contributed by atoms with Crippen molar-refractivity contribution in [2.24, 2.45) is 5.73 Å². The van der Waals surface area contributed by atoms with Gasteiger partial charge in [0.15, 0.2) is 0 Å². The van der Waals surface area contributed by atoms with E-state index < -0.39 is 0 Å². The Morgan fingerprint density at radius 1 is 1.41 bits per heavy atom. The molecule has 0 saturated carbocycles. The molecule has 0 aromatic carbocycles. The summed E-state index contributed by atoms with van der Waals surface area (Å²) in [7, 11) is 0. The molecule has 1 aromatic rings. The number of aromatic nitrogens is 2. The standard InChI is InChI=1S/C13H25N3O/c1-5-13(17-6-2)12(14)9-11-7-8-16(15-11)10(3)4/h7-8,10,12-13H,5-6,9,14H2,1-4H3. The third-order valence-corrected chi connectivity index (χ3v) is 2.90. The summed E-state index contributed by atoms with van der Waals surface area (Å²) in [4.78, 5) is 0. The molecule has 0 aliphatic carbocycles. The number of rotatable bonds is 7. The molecule has 2 unspecified atom stereocenters. The van der Waals surface area contributed by atoms with Gasteiger partial charge in [-0.25, -0.2) is 0 Å². The van der Waals surface area contributed by atoms with E-state index in [4.69, 9.17) is 10.5 Å². The van der Waals surface area contributed by atoms with Gasteiger partial charge in [0.1, 0.15) is 0 Å². The smallest absolute Gasteiger partial charge is 0.0727 e. The maximum Gasteiger partial charge on any atom is 0.0727 e. The highest BCUT2D eigenvalue weighted by Crippen LogP contribution is 2.10. The molecule has 0 aliphatic rings. The molecule has 0 radical (unpaired) electrons. The molecule has 0 spiro atoms. The molecule has 4 nitrogen and oxygen atoms in total. The van der Waals surface area contributed by atoms with E-state index in [1.807, 2.05) is 23.9 Å². The molecule has 0 aliphatic heterocycles. The molecule has 0 bridgehead atoms. The molecular weight excluding hydrogens is 214 g/mol. The number of ether oxygens (including phenoxy) is 1. The van der Waals surface area contributed by atoms with Gasteiger partial charge in [0, 0.05) is 31.3 Å². The Labute approximate surface area is 104 Å². The average molecular weight is 239 g/mol. The zero-order valence-corrected chi connectivity index (χ0v) is 11.4. The highest BCUT2D eigenvalue weighted by Gasteiger charge is 2.17. The lowest BCUT2D eigenvalue weighted by atomic mass is 10.0. The zero-order chi connectivity index (χ0) is 12.8. The highest BCUT2D eigenvalue weighted by atomic mass is 16.5. The van der Waals surface area contributed by atoms with E-state index in [-0.39, 0.29) is 12.1 Å². The first-order valence-corrected chi connectivity index (χ1v) is 6.49. The summed E-state index contributed by atoms with van der Waals surface area (Å²) >= 11 is 0. The van der Waals surface area contributed by atoms with E-state index in [0.717, 1.165) is 18.5 Å². The van der Waals surface area contributed by atoms with Crippen molar-refractivity contribution in [3.8, 4) is 0 Å². The van der Waals surface area contributed by atoms with Crippen molar-refractivity contribution >= 4 is 0 Å². The summed E-state index contributed by atoms with van der Waals surface area (Å²) in [6.07, 6.45) is 3.86. The molecule has 98 valence electrons. The lowest BCUT2D eigenvalue weighted by Crippen LogP contribution is -2.38. The van der Waals surface area contributed by atoms with Crippen molar-refractivity contribution in [2.75, 3.05) is 6.61 Å². The quantitative estimate of drug-likeness (QED) is 0.793. The van der Waals surface area contributed by atoms with E-state index in [1.54, 1.807) is 0 Å². The van der Waals surface area contributed by atoms with E-state index in [0.29, 0.717) is 12.6 Å². The Morgan fingerprint density at radius 3 is 2.59 bits per heavy atom. The fourth-order valence-electron chi connectivity index (χ4n) is 1.91. The third-order valence-electron chi connectivity index (χ3n) is 2.90. The van der Waals surface area contributed by atoms with Crippen molar-refractivity contribution in [3.63, 3.8) is 0 Å². The topological polar surface area (TPSA) is 53.1 Å². The minimum Gasteiger partial charge on any atom is -0.377 e. The van der Waals surface area contributed by atoms with E-state index in [2.05, 4.69) is 25.9 Å². The van der Waals surface area contributed by atoms with Gasteiger partial charge in [0.25, 0.3) is 0 Å². The fraction of sp³-hybridized carbons (Fsp3) is 0.769. The van der Waals surface area contributed by atoms with Gasteiger partial charge < -0.3 is 10.5 Å². The van der Waals surface area contributed by atoms with Gasteiger partial charge in [-0.1, -0.05) is 6.92 Å². The van der Waals surface area contributed by atoms with Crippen LogP contribution in [0.3, 0.4) is 0 Å². The van der Waals surface area contributed by atoms with Crippen molar-refractivity contribution in [1.29, 1.82) is 0 Å². The van der Waals surface area contributed by atoms with Crippen LogP contribution in [0, 0.1) is 0 Å². The lowest BCUT2D eigenvalue weighted by molar-refractivity contribution is 0.0415. The van der Waals surface area contributed by atoms with E-state index in [1.165, 1.54) is 0 Å². The van der Waals surface area contributed by atoms with Crippen molar-refractivity contribution in [3.05, 3.63) is 18.0 Å². The Hall–Kier alpha value is -0.870. The molecule has 1 aromatic heterocycles. The second kappa shape index (κ2) is 6.77. The maximum atomic E-state index is 6.16. The second-order valence-corrected chi connectivity index (χ2v) is 4.65. The van der Waals surface area contributed by atoms with Crippen LogP contribution < -0.4 is 5.73 Å². The van der Waals surface area contributed by atoms with Crippen LogP contribution in [0.15, 0.2) is 12.3 Å². The van der Waals surface area contributed by atoms with Gasteiger partial charge in [-0.05, 0) is 33.3 Å². The van der Waals surface area contributed by atoms with Crippen LogP contribution in [0.4, 0.5) is 0 Å². The highest BCUT2D eigenvalue weighted by molar-refractivity contribution is 5.02. The Kier molecular flexibility index (Phi) is 5.65. The molecule has 0 fully saturated rings. The van der Waals surface area contributed by atoms with E-state index >= 15 is 0 Å². The predicted octanol–water partition coefficient (Wildman–Crippen LogP) is 2.15. The van der Waals surface area contributed by atoms with Gasteiger partial charge in [-0.3, -0.25) is 4.68 Å². The Balaban J connectivity index is 2.56. The van der Waals surface area contributed by atoms with Crippen LogP contribution in [-0.2, 0) is 11.2 Å². The predicted molar refractivity (Wildman–Crippen MR) is 70.0 cm³/mol. The number of nitrogens with two attached hydrogens (primary N) is 1. The van der Waals surface area contributed by atoms with Gasteiger partial charge in [-0.2, -0.15) is 5.10 Å². The van der Waals surface area contributed by atoms with Crippen LogP contribution in [0.25, 0.3) is 0 Å². The lowest BCUT2D eigenvalue weighted by Gasteiger charge is -2.21. The molecule has 1 heterocycles. The van der Waals surface area contributed by atoms with E-state index in [9.17, 15) is 0 Å². The molecule has 4 heteroatoms. The minimum atomic E-state index is 0.0236. The molecule has 17 heavy (non-hydrogen) atoms. The van der Waals surface area contributed by atoms with Crippen molar-refractivity contribution < 1.29 is 4.74 Å². The first-order valence-electron chi connectivity index (χ1n) is 6.49. The monoisotopic (exact) mass is 239 g/mol. The van der Waals surface area contributed by atoms with Gasteiger partial charge >= 0.3 is 0 Å². The maximum absolute atomic E-state index is 6.16. The summed E-state index contributed by atoms with van der Waals surface area (Å²) in [6.45, 7) is 9.06. The molecule has 1 rings (SSSR count). The summed E-state index contributed by atoms with van der Waals surface area (Å²) in [6, 6.07) is 2.46. The van der Waals surface area contributed by atoms with Crippen molar-refractivity contribution in [1.82, 2.24) is 9.78 Å². The SMILES string of the molecule is CCOC(CC)C(N)Cc1ccn(C(C)C)n1. The van der Waals surface area contributed by atoms with Crippen LogP contribution >= 0.6 is 0 Å². The molecule has 0 amide bonds. The first kappa shape index (κ1) is 14.2. The number of hydrogen-bond acceptors (Lipinski definition) is 3. The molecule has 2 N–H and O–H groups in total. The normalized spacial score (nSPS) is 15.2. The zero-order valence-electron chi connectivity index (χ0n) is 11.4. The average Bonchev–Trinajstić information content (AvgIpc) is 2.74. The fourth-order valence-corrected chi connectivity index (χ4v) is 1.91. The third kappa shape index (κ3) is 4.13. The van der Waals surface area contributed by atoms with Gasteiger partial charge in [0.05, 0.1) is 11.8 Å². The van der Waals surface area contributed by atoms with Gasteiger partial charge in [-0.15, -0.1) is 0 Å². The first-order chi connectivity index (χ1) is 8.08. The summed E-state index contributed by atoms with van der Waals surface area (Å²) in [5.41, 5.74) is 7.20. The van der Waals surface area contributed by atoms with Crippen LogP contribution in [-0.4, -0.2) is 28.5 Å². The van der Waals surface area contributed by atoms with Crippen LogP contribution in [0.2, 0.25) is 0 Å². The summed E-state index contributed by atoms with van der Waals surface area (Å²) in [5.74, 6) is 0. The minimum absolute atomic E-state index is 0.0236. The Morgan fingerprint density at radius 2 is 2.12 bits per heavy atom. The van der Waals surface area contributed by atoms with Crippen molar-refractivity contribution in [2.45, 2.75) is 58.7 Å². The van der Waals surface area contributed by atoms with Gasteiger partial charge in [0.2, 0.25) is 0 Å². The number of nitrogens with zero attached hydrogens (tertiary/aromatic N) is 2. The molecular formula is C13H25N3O. The molecule has 0 saturated heterocycles. The second-order valence-electron chi connectivity index (χ2n) is 4.65.